The third kappa shape index (κ3) is 4.62. The lowest BCUT2D eigenvalue weighted by atomic mass is 10.1. The molecular weight excluding hydrogens is 451 g/mol. The van der Waals surface area contributed by atoms with Crippen LogP contribution >= 0.6 is 0 Å². The molecule has 2 aromatic carbocycles. The van der Waals surface area contributed by atoms with Crippen LogP contribution in [0.5, 0.6) is 0 Å². The van der Waals surface area contributed by atoms with Crippen LogP contribution in [-0.2, 0) is 11.4 Å². The van der Waals surface area contributed by atoms with Crippen molar-refractivity contribution in [2.45, 2.75) is 6.54 Å². The Labute approximate surface area is 200 Å². The predicted octanol–water partition coefficient (Wildman–Crippen LogP) is 3.28. The second-order valence-electron chi connectivity index (χ2n) is 7.99. The number of aliphatic hydroxyl groups is 1. The highest BCUT2D eigenvalue weighted by molar-refractivity contribution is 5.94. The van der Waals surface area contributed by atoms with Crippen molar-refractivity contribution in [1.29, 1.82) is 0 Å². The number of amides is 1. The van der Waals surface area contributed by atoms with E-state index in [1.54, 1.807) is 18.3 Å². The average molecular weight is 474 g/mol. The molecule has 2 aromatic heterocycles. The summed E-state index contributed by atoms with van der Waals surface area (Å²) in [5, 5.41) is 13.6. The summed E-state index contributed by atoms with van der Waals surface area (Å²) in [6.45, 7) is 0.226. The number of hydrazine groups is 2. The highest BCUT2D eigenvalue weighted by Crippen LogP contribution is 2.35. The van der Waals surface area contributed by atoms with E-state index in [2.05, 4.69) is 22.0 Å². The highest BCUT2D eigenvalue weighted by Gasteiger charge is 2.26. The SMILES string of the molecule is CN1Nc2ccc(-c3ccc(C(=O)NOCCO)c(F)c3)nc2N1Cc1ccc2ncccc2c1. The van der Waals surface area contributed by atoms with Gasteiger partial charge < -0.3 is 5.11 Å². The van der Waals surface area contributed by atoms with Gasteiger partial charge in [-0.25, -0.2) is 14.9 Å². The molecule has 4 aromatic rings. The van der Waals surface area contributed by atoms with Crippen molar-refractivity contribution < 1.29 is 19.1 Å². The number of anilines is 2. The number of benzene rings is 2. The fraction of sp³-hybridized carbons (Fsp3) is 0.160. The average Bonchev–Trinajstić information content (AvgIpc) is 3.18. The van der Waals surface area contributed by atoms with Gasteiger partial charge in [0.25, 0.3) is 5.91 Å². The van der Waals surface area contributed by atoms with E-state index in [0.29, 0.717) is 23.6 Å². The molecule has 0 bridgehead atoms. The van der Waals surface area contributed by atoms with E-state index in [4.69, 9.17) is 14.9 Å². The molecule has 35 heavy (non-hydrogen) atoms. The van der Waals surface area contributed by atoms with Gasteiger partial charge in [0, 0.05) is 24.2 Å². The number of aromatic nitrogens is 2. The monoisotopic (exact) mass is 474 g/mol. The largest absolute Gasteiger partial charge is 0.394 e. The lowest BCUT2D eigenvalue weighted by molar-refractivity contribution is 0.0165. The van der Waals surface area contributed by atoms with Crippen LogP contribution in [0.15, 0.2) is 66.9 Å². The molecule has 0 spiro atoms. The van der Waals surface area contributed by atoms with Gasteiger partial charge in [0.05, 0.1) is 42.2 Å². The van der Waals surface area contributed by atoms with Crippen LogP contribution in [0.4, 0.5) is 15.9 Å². The van der Waals surface area contributed by atoms with Crippen molar-refractivity contribution in [1.82, 2.24) is 20.6 Å². The molecule has 3 N–H and O–H groups in total. The van der Waals surface area contributed by atoms with Gasteiger partial charge in [-0.2, -0.15) is 0 Å². The molecule has 0 saturated carbocycles. The van der Waals surface area contributed by atoms with Gasteiger partial charge in [-0.3, -0.25) is 25.1 Å². The summed E-state index contributed by atoms with van der Waals surface area (Å²) < 4.78 is 14.7. The van der Waals surface area contributed by atoms with Crippen molar-refractivity contribution >= 4 is 28.3 Å². The Bertz CT molecular complexity index is 1400. The summed E-state index contributed by atoms with van der Waals surface area (Å²) in [6, 6.07) is 18.0. The second-order valence-corrected chi connectivity index (χ2v) is 7.99. The van der Waals surface area contributed by atoms with Crippen molar-refractivity contribution in [3.05, 3.63) is 83.8 Å². The summed E-state index contributed by atoms with van der Waals surface area (Å²) in [5.41, 5.74) is 9.15. The Balaban J connectivity index is 1.40. The first-order valence-electron chi connectivity index (χ1n) is 11.0. The molecule has 0 unspecified atom stereocenters. The maximum atomic E-state index is 14.7. The lowest BCUT2D eigenvalue weighted by Crippen LogP contribution is -2.37. The zero-order valence-electron chi connectivity index (χ0n) is 18.9. The van der Waals surface area contributed by atoms with Gasteiger partial charge in [-0.1, -0.05) is 18.2 Å². The summed E-state index contributed by atoms with van der Waals surface area (Å²) in [7, 11) is 1.90. The van der Waals surface area contributed by atoms with Crippen LogP contribution in [0.3, 0.4) is 0 Å². The fourth-order valence-electron chi connectivity index (χ4n) is 3.92. The van der Waals surface area contributed by atoms with E-state index in [1.807, 2.05) is 47.5 Å². The van der Waals surface area contributed by atoms with E-state index >= 15 is 0 Å². The molecule has 5 rings (SSSR count). The minimum absolute atomic E-state index is 0.0838. The lowest BCUT2D eigenvalue weighted by Gasteiger charge is -2.25. The van der Waals surface area contributed by atoms with Crippen molar-refractivity contribution in [2.24, 2.45) is 0 Å². The molecule has 178 valence electrons. The molecule has 1 aliphatic heterocycles. The first-order chi connectivity index (χ1) is 17.0. The Morgan fingerprint density at radius 2 is 2.06 bits per heavy atom. The maximum absolute atomic E-state index is 14.7. The zero-order chi connectivity index (χ0) is 24.4. The van der Waals surface area contributed by atoms with Gasteiger partial charge >= 0.3 is 0 Å². The second kappa shape index (κ2) is 9.63. The normalized spacial score (nSPS) is 13.1. The van der Waals surface area contributed by atoms with E-state index < -0.39 is 11.7 Å². The highest BCUT2D eigenvalue weighted by atomic mass is 19.1. The van der Waals surface area contributed by atoms with Crippen LogP contribution in [0.1, 0.15) is 15.9 Å². The number of rotatable bonds is 7. The maximum Gasteiger partial charge on any atom is 0.277 e. The number of halogens is 1. The Kier molecular flexibility index (Phi) is 6.23. The molecule has 1 amide bonds. The number of hydrogen-bond acceptors (Lipinski definition) is 8. The van der Waals surface area contributed by atoms with Crippen LogP contribution in [-0.4, -0.2) is 46.4 Å². The Hall–Kier alpha value is -4.12. The molecule has 0 saturated heterocycles. The third-order valence-electron chi connectivity index (χ3n) is 5.63. The number of hydrogen-bond donors (Lipinski definition) is 3. The molecular formula is C25H23FN6O3. The molecule has 0 fully saturated rings. The third-order valence-corrected chi connectivity index (χ3v) is 5.63. The minimum atomic E-state index is -0.730. The number of hydroxylamine groups is 1. The van der Waals surface area contributed by atoms with Gasteiger partial charge in [-0.15, -0.1) is 5.12 Å². The number of carbonyl (C=O) groups is 1. The van der Waals surface area contributed by atoms with Crippen LogP contribution in [0.2, 0.25) is 0 Å². The Morgan fingerprint density at radius 1 is 1.17 bits per heavy atom. The van der Waals surface area contributed by atoms with Crippen molar-refractivity contribution in [2.75, 3.05) is 30.7 Å². The molecule has 0 aliphatic carbocycles. The Morgan fingerprint density at radius 3 is 2.89 bits per heavy atom. The van der Waals surface area contributed by atoms with E-state index in [0.717, 1.165) is 22.2 Å². The fourth-order valence-corrected chi connectivity index (χ4v) is 3.92. The van der Waals surface area contributed by atoms with E-state index in [9.17, 15) is 9.18 Å². The van der Waals surface area contributed by atoms with Gasteiger partial charge in [-0.05, 0) is 48.0 Å². The number of carbonyl (C=O) groups excluding carboxylic acids is 1. The summed E-state index contributed by atoms with van der Waals surface area (Å²) in [6.07, 6.45) is 1.77. The van der Waals surface area contributed by atoms with Crippen LogP contribution in [0, 0.1) is 5.82 Å². The minimum Gasteiger partial charge on any atom is -0.394 e. The zero-order valence-corrected chi connectivity index (χ0v) is 18.9. The summed E-state index contributed by atoms with van der Waals surface area (Å²) in [5.74, 6) is -0.727. The van der Waals surface area contributed by atoms with Gasteiger partial charge in [0.2, 0.25) is 0 Å². The molecule has 1 aliphatic rings. The van der Waals surface area contributed by atoms with Crippen molar-refractivity contribution in [3.63, 3.8) is 0 Å². The first-order valence-corrected chi connectivity index (χ1v) is 11.0. The smallest absolute Gasteiger partial charge is 0.277 e. The van der Waals surface area contributed by atoms with Gasteiger partial charge in [0.1, 0.15) is 5.82 Å². The van der Waals surface area contributed by atoms with Crippen molar-refractivity contribution in [3.8, 4) is 11.3 Å². The topological polar surface area (TPSA) is 103 Å². The summed E-state index contributed by atoms with van der Waals surface area (Å²) >= 11 is 0. The standard InChI is InChI=1S/C25H23FN6O3/c1-31-29-23-9-8-22(18-5-6-19(20(26)14-18)25(34)30-35-12-11-33)28-24(23)32(31)15-16-4-7-21-17(13-16)3-2-10-27-21/h2-10,13-14,29,33H,11-12,15H2,1H3,(H,30,34). The molecule has 0 atom stereocenters. The molecule has 9 nitrogen and oxygen atoms in total. The first kappa shape index (κ1) is 22.7. The number of aliphatic hydroxyl groups excluding tert-OH is 1. The van der Waals surface area contributed by atoms with E-state index in [-0.39, 0.29) is 18.8 Å². The molecule has 0 radical (unpaired) electrons. The quantitative estimate of drug-likeness (QED) is 0.277. The summed E-state index contributed by atoms with van der Waals surface area (Å²) in [4.78, 5) is 26.0. The number of fused-ring (bicyclic) bond motifs is 2. The number of nitrogens with zero attached hydrogens (tertiary/aromatic N) is 4. The predicted molar refractivity (Wildman–Crippen MR) is 129 cm³/mol. The van der Waals surface area contributed by atoms with Crippen LogP contribution in [0.25, 0.3) is 22.2 Å². The molecule has 10 heteroatoms. The van der Waals surface area contributed by atoms with Gasteiger partial charge in [0.15, 0.2) is 5.82 Å². The number of pyridine rings is 2. The van der Waals surface area contributed by atoms with E-state index in [1.165, 1.54) is 12.1 Å². The molecule has 3 heterocycles. The van der Waals surface area contributed by atoms with Crippen LogP contribution < -0.4 is 15.9 Å². The number of nitrogens with one attached hydrogen (secondary N) is 2.